The van der Waals surface area contributed by atoms with E-state index in [1.807, 2.05) is 0 Å². The normalized spacial score (nSPS) is 12.0. The monoisotopic (exact) mass is 652 g/mol. The number of allylic oxidation sites excluding steroid dienone is 2. The number of phenols is 1. The van der Waals surface area contributed by atoms with E-state index in [9.17, 15) is 38.7 Å². The van der Waals surface area contributed by atoms with E-state index in [1.54, 1.807) is 19.9 Å². The number of fused-ring (bicyclic) bond motifs is 1. The summed E-state index contributed by atoms with van der Waals surface area (Å²) in [6.07, 6.45) is -1.50. The lowest BCUT2D eigenvalue weighted by molar-refractivity contribution is -0.167. The zero-order valence-corrected chi connectivity index (χ0v) is 26.1. The predicted molar refractivity (Wildman–Crippen MR) is 151 cm³/mol. The molecule has 0 atom stereocenters. The molecule has 1 heterocycles. The molecule has 0 saturated heterocycles. The molecule has 252 valence electrons. The summed E-state index contributed by atoms with van der Waals surface area (Å²) >= 11 is 0. The van der Waals surface area contributed by atoms with Crippen LogP contribution < -0.4 is 4.74 Å². The van der Waals surface area contributed by atoms with Crippen molar-refractivity contribution in [2.45, 2.75) is 72.5 Å². The summed E-state index contributed by atoms with van der Waals surface area (Å²) in [5.41, 5.74) is 2.45. The Kier molecular flexibility index (Phi) is 14.5. The minimum absolute atomic E-state index is 0.0470. The van der Waals surface area contributed by atoms with Crippen LogP contribution in [-0.2, 0) is 70.2 Å². The van der Waals surface area contributed by atoms with Crippen LogP contribution >= 0.6 is 0 Å². The molecule has 16 nitrogen and oxygen atoms in total. The zero-order chi connectivity index (χ0) is 34.4. The SMILES string of the molecule is COc1c(C)c2c(c(O)c1C/C=C(\C)CCC(=O)OC(=O)OCOC(=O)CCC(=O)OC(COC(C)=O)COC(C)=O)C(=O)OC2. The number of methoxy groups -OCH3 is 1. The molecule has 2 rings (SSSR count). The first-order valence-electron chi connectivity index (χ1n) is 14.0. The first-order chi connectivity index (χ1) is 21.7. The molecule has 1 aliphatic heterocycles. The molecule has 0 radical (unpaired) electrons. The van der Waals surface area contributed by atoms with E-state index in [0.717, 1.165) is 13.8 Å². The molecule has 0 fully saturated rings. The molecule has 1 N–H and O–H groups in total. The van der Waals surface area contributed by atoms with Gasteiger partial charge in [0.05, 0.1) is 20.0 Å². The van der Waals surface area contributed by atoms with E-state index < -0.39 is 67.7 Å². The van der Waals surface area contributed by atoms with E-state index in [1.165, 1.54) is 7.11 Å². The van der Waals surface area contributed by atoms with Gasteiger partial charge in [0.15, 0.2) is 6.10 Å². The fourth-order valence-electron chi connectivity index (χ4n) is 4.08. The molecule has 0 saturated carbocycles. The topological polar surface area (TPSA) is 214 Å². The third-order valence-corrected chi connectivity index (χ3v) is 6.40. The van der Waals surface area contributed by atoms with Gasteiger partial charge in [-0.2, -0.15) is 0 Å². The molecule has 0 bridgehead atoms. The number of esters is 6. The first kappa shape index (κ1) is 37.0. The molecule has 0 unspecified atom stereocenters. The van der Waals surface area contributed by atoms with Gasteiger partial charge in [0.25, 0.3) is 0 Å². The molecule has 16 heteroatoms. The van der Waals surface area contributed by atoms with Crippen molar-refractivity contribution in [2.75, 3.05) is 27.1 Å². The van der Waals surface area contributed by atoms with Crippen LogP contribution in [0.2, 0.25) is 0 Å². The molecular formula is C30H36O16. The molecule has 46 heavy (non-hydrogen) atoms. The van der Waals surface area contributed by atoms with Crippen molar-refractivity contribution >= 4 is 42.0 Å². The van der Waals surface area contributed by atoms with Crippen LogP contribution in [0, 0.1) is 6.92 Å². The first-order valence-corrected chi connectivity index (χ1v) is 14.0. The fraction of sp³-hybridized carbons (Fsp3) is 0.500. The van der Waals surface area contributed by atoms with Gasteiger partial charge in [0.2, 0.25) is 6.79 Å². The summed E-state index contributed by atoms with van der Waals surface area (Å²) in [5.74, 6) is -4.44. The van der Waals surface area contributed by atoms with Gasteiger partial charge in [-0.3, -0.25) is 24.0 Å². The van der Waals surface area contributed by atoms with Gasteiger partial charge in [-0.05, 0) is 32.3 Å². The highest BCUT2D eigenvalue weighted by Crippen LogP contribution is 2.42. The number of hydrogen-bond acceptors (Lipinski definition) is 16. The van der Waals surface area contributed by atoms with E-state index in [2.05, 4.69) is 14.2 Å². The Bertz CT molecular complexity index is 1360. The fourth-order valence-corrected chi connectivity index (χ4v) is 4.08. The van der Waals surface area contributed by atoms with Gasteiger partial charge in [0, 0.05) is 31.4 Å². The number of benzene rings is 1. The Morgan fingerprint density at radius 3 is 2.09 bits per heavy atom. The van der Waals surface area contributed by atoms with Crippen LogP contribution in [0.3, 0.4) is 0 Å². The molecule has 0 spiro atoms. The number of hydrogen-bond donors (Lipinski definition) is 1. The van der Waals surface area contributed by atoms with Gasteiger partial charge >= 0.3 is 42.0 Å². The van der Waals surface area contributed by atoms with Crippen molar-refractivity contribution in [2.24, 2.45) is 0 Å². The van der Waals surface area contributed by atoms with Crippen molar-refractivity contribution < 1.29 is 76.6 Å². The summed E-state index contributed by atoms with van der Waals surface area (Å²) in [7, 11) is 1.45. The Balaban J connectivity index is 1.72. The maximum absolute atomic E-state index is 12.1. The third kappa shape index (κ3) is 11.7. The molecule has 1 aliphatic rings. The average molecular weight is 653 g/mol. The lowest BCUT2D eigenvalue weighted by atomic mass is 9.94. The maximum atomic E-state index is 12.1. The minimum atomic E-state index is -1.41. The van der Waals surface area contributed by atoms with E-state index in [0.29, 0.717) is 28.0 Å². The minimum Gasteiger partial charge on any atom is -0.507 e. The van der Waals surface area contributed by atoms with Gasteiger partial charge in [-0.1, -0.05) is 11.6 Å². The third-order valence-electron chi connectivity index (χ3n) is 6.40. The Morgan fingerprint density at radius 1 is 0.870 bits per heavy atom. The quantitative estimate of drug-likeness (QED) is 0.0893. The molecule has 0 amide bonds. The average Bonchev–Trinajstić information content (AvgIpc) is 3.39. The van der Waals surface area contributed by atoms with Crippen molar-refractivity contribution in [1.82, 2.24) is 0 Å². The molecular weight excluding hydrogens is 616 g/mol. The molecule has 0 aliphatic carbocycles. The predicted octanol–water partition coefficient (Wildman–Crippen LogP) is 2.65. The smallest absolute Gasteiger partial charge is 0.507 e. The van der Waals surface area contributed by atoms with Crippen LogP contribution in [0.5, 0.6) is 11.5 Å². The molecule has 1 aromatic carbocycles. The highest BCUT2D eigenvalue weighted by Gasteiger charge is 2.32. The van der Waals surface area contributed by atoms with E-state index in [4.69, 9.17) is 23.7 Å². The Labute approximate surface area is 263 Å². The number of carbonyl (C=O) groups is 7. The Morgan fingerprint density at radius 2 is 1.48 bits per heavy atom. The molecule has 1 aromatic rings. The maximum Gasteiger partial charge on any atom is 0.519 e. The second-order valence-corrected chi connectivity index (χ2v) is 9.89. The van der Waals surface area contributed by atoms with E-state index in [-0.39, 0.29) is 50.4 Å². The number of aromatic hydroxyl groups is 1. The lowest BCUT2D eigenvalue weighted by Gasteiger charge is -2.17. The number of cyclic esters (lactones) is 1. The van der Waals surface area contributed by atoms with Gasteiger partial charge in [-0.15, -0.1) is 0 Å². The van der Waals surface area contributed by atoms with Crippen LogP contribution in [-0.4, -0.2) is 80.3 Å². The van der Waals surface area contributed by atoms with Gasteiger partial charge in [-0.25, -0.2) is 9.59 Å². The largest absolute Gasteiger partial charge is 0.519 e. The van der Waals surface area contributed by atoms with Crippen molar-refractivity contribution in [3.8, 4) is 11.5 Å². The summed E-state index contributed by atoms with van der Waals surface area (Å²) in [5, 5.41) is 10.7. The summed E-state index contributed by atoms with van der Waals surface area (Å²) in [6, 6.07) is 0. The number of phenolic OH excluding ortho intramolecular Hbond substituents is 1. The van der Waals surface area contributed by atoms with Crippen molar-refractivity contribution in [3.63, 3.8) is 0 Å². The molecule has 0 aromatic heterocycles. The van der Waals surface area contributed by atoms with E-state index >= 15 is 0 Å². The number of ether oxygens (including phenoxy) is 8. The second kappa shape index (κ2) is 18.0. The zero-order valence-electron chi connectivity index (χ0n) is 26.1. The highest BCUT2D eigenvalue weighted by atomic mass is 16.8. The van der Waals surface area contributed by atoms with Crippen molar-refractivity contribution in [3.05, 3.63) is 33.9 Å². The summed E-state index contributed by atoms with van der Waals surface area (Å²) in [6.45, 7) is 4.19. The Hall–Kier alpha value is -5.15. The van der Waals surface area contributed by atoms with Gasteiger partial charge < -0.3 is 43.0 Å². The van der Waals surface area contributed by atoms with Crippen LogP contribution in [0.15, 0.2) is 11.6 Å². The number of rotatable bonds is 16. The van der Waals surface area contributed by atoms with Gasteiger partial charge in [0.1, 0.15) is 36.9 Å². The standard InChI is InChI=1S/C30H36O16/c1-16(6-8-21-27(36)26-22(14-42-29(26)37)17(2)28(21)39-5)7-9-25(35)46-30(38)44-15-43-23(33)10-11-24(34)45-20(12-40-18(3)31)13-41-19(4)32/h6,20,36H,7-15H2,1-5H3/b16-6+. The van der Waals surface area contributed by atoms with Crippen LogP contribution in [0.4, 0.5) is 4.79 Å². The summed E-state index contributed by atoms with van der Waals surface area (Å²) < 4.78 is 38.7. The summed E-state index contributed by atoms with van der Waals surface area (Å²) in [4.78, 5) is 81.6. The highest BCUT2D eigenvalue weighted by molar-refractivity contribution is 5.98. The van der Waals surface area contributed by atoms with Crippen LogP contribution in [0.25, 0.3) is 0 Å². The second-order valence-electron chi connectivity index (χ2n) is 9.89. The number of carbonyl (C=O) groups excluding carboxylic acids is 7. The van der Waals surface area contributed by atoms with Crippen molar-refractivity contribution in [1.29, 1.82) is 0 Å². The van der Waals surface area contributed by atoms with Crippen LogP contribution in [0.1, 0.15) is 73.5 Å². The lowest BCUT2D eigenvalue weighted by Crippen LogP contribution is -2.30.